The SMILES string of the molecule is O=C1CCc2cc(C(Cl)c3cc(Br)sc3Br)c(F)cc2N1. The van der Waals surface area contributed by atoms with E-state index < -0.39 is 11.2 Å². The summed E-state index contributed by atoms with van der Waals surface area (Å²) in [6.45, 7) is 0. The predicted octanol–water partition coefficient (Wildman–Crippen LogP) is 5.63. The summed E-state index contributed by atoms with van der Waals surface area (Å²) < 4.78 is 16.1. The van der Waals surface area contributed by atoms with Crippen LogP contribution in [-0.4, -0.2) is 5.91 Å². The van der Waals surface area contributed by atoms with Crippen molar-refractivity contribution < 1.29 is 9.18 Å². The average Bonchev–Trinajstić information content (AvgIpc) is 2.76. The van der Waals surface area contributed by atoms with Gasteiger partial charge in [0.05, 0.1) is 12.9 Å². The van der Waals surface area contributed by atoms with Crippen LogP contribution in [0.1, 0.15) is 28.5 Å². The number of fused-ring (bicyclic) bond motifs is 1. The summed E-state index contributed by atoms with van der Waals surface area (Å²) in [5, 5.41) is 2.11. The number of rotatable bonds is 2. The third-order valence-corrected chi connectivity index (χ3v) is 6.20. The molecule has 1 aromatic heterocycles. The lowest BCUT2D eigenvalue weighted by Crippen LogP contribution is -2.19. The van der Waals surface area contributed by atoms with Gasteiger partial charge >= 0.3 is 0 Å². The highest BCUT2D eigenvalue weighted by atomic mass is 79.9. The normalized spacial score (nSPS) is 15.5. The zero-order chi connectivity index (χ0) is 15.1. The van der Waals surface area contributed by atoms with Gasteiger partial charge in [-0.2, -0.15) is 0 Å². The second-order valence-electron chi connectivity index (χ2n) is 4.72. The number of hydrogen-bond acceptors (Lipinski definition) is 2. The van der Waals surface area contributed by atoms with E-state index >= 15 is 0 Å². The Labute approximate surface area is 146 Å². The van der Waals surface area contributed by atoms with E-state index in [9.17, 15) is 9.18 Å². The molecule has 1 aromatic carbocycles. The summed E-state index contributed by atoms with van der Waals surface area (Å²) in [5.74, 6) is -0.494. The molecule has 3 rings (SSSR count). The van der Waals surface area contributed by atoms with Gasteiger partial charge in [-0.05, 0) is 62.0 Å². The summed E-state index contributed by atoms with van der Waals surface area (Å²) >= 11 is 14.8. The number of halogens is 4. The standard InChI is InChI=1S/C14H9Br2ClFNOS/c15-11-4-8(14(16)21-11)13(17)7-3-6-1-2-12(20)19-10(6)5-9(7)18/h3-5,13H,1-2H2,(H,19,20). The molecule has 21 heavy (non-hydrogen) atoms. The Hall–Kier alpha value is -0.430. The van der Waals surface area contributed by atoms with Crippen LogP contribution >= 0.6 is 54.8 Å². The van der Waals surface area contributed by atoms with Gasteiger partial charge in [-0.25, -0.2) is 4.39 Å². The van der Waals surface area contributed by atoms with Crippen LogP contribution in [-0.2, 0) is 11.2 Å². The number of carbonyl (C=O) groups excluding carboxylic acids is 1. The van der Waals surface area contributed by atoms with Gasteiger partial charge in [-0.15, -0.1) is 22.9 Å². The number of thiophene rings is 1. The van der Waals surface area contributed by atoms with E-state index in [0.29, 0.717) is 24.1 Å². The number of aryl methyl sites for hydroxylation is 1. The first kappa shape index (κ1) is 15.5. The highest BCUT2D eigenvalue weighted by Gasteiger charge is 2.24. The molecule has 2 nitrogen and oxygen atoms in total. The number of alkyl halides is 1. The number of benzene rings is 1. The first-order chi connectivity index (χ1) is 9.95. The molecule has 0 fully saturated rings. The molecule has 0 spiro atoms. The number of hydrogen-bond donors (Lipinski definition) is 1. The van der Waals surface area contributed by atoms with Crippen molar-refractivity contribution in [1.82, 2.24) is 0 Å². The van der Waals surface area contributed by atoms with E-state index in [0.717, 1.165) is 18.7 Å². The predicted molar refractivity (Wildman–Crippen MR) is 90.8 cm³/mol. The molecule has 0 saturated heterocycles. The molecular formula is C14H9Br2ClFNOS. The fraction of sp³-hybridized carbons (Fsp3) is 0.214. The molecule has 7 heteroatoms. The Bertz CT molecular complexity index is 734. The molecule has 1 unspecified atom stereocenters. The third-order valence-electron chi connectivity index (χ3n) is 3.35. The maximum Gasteiger partial charge on any atom is 0.224 e. The van der Waals surface area contributed by atoms with Gasteiger partial charge < -0.3 is 5.32 Å². The van der Waals surface area contributed by atoms with Gasteiger partial charge in [0.15, 0.2) is 0 Å². The second kappa shape index (κ2) is 5.99. The van der Waals surface area contributed by atoms with Crippen molar-refractivity contribution in [3.05, 3.63) is 48.3 Å². The number of anilines is 1. The van der Waals surface area contributed by atoms with E-state index in [1.165, 1.54) is 17.4 Å². The second-order valence-corrected chi connectivity index (χ2v) is 8.91. The van der Waals surface area contributed by atoms with E-state index in [1.807, 2.05) is 6.07 Å². The lowest BCUT2D eigenvalue weighted by Gasteiger charge is -2.20. The number of amides is 1. The van der Waals surface area contributed by atoms with Gasteiger partial charge in [-0.3, -0.25) is 4.79 Å². The Morgan fingerprint density at radius 1 is 1.24 bits per heavy atom. The lowest BCUT2D eigenvalue weighted by atomic mass is 9.97. The van der Waals surface area contributed by atoms with Crippen LogP contribution < -0.4 is 5.32 Å². The minimum absolute atomic E-state index is 0.0819. The fourth-order valence-corrected chi connectivity index (χ4v) is 5.75. The van der Waals surface area contributed by atoms with Crippen molar-refractivity contribution in [3.8, 4) is 0 Å². The van der Waals surface area contributed by atoms with Gasteiger partial charge in [-0.1, -0.05) is 0 Å². The summed E-state index contributed by atoms with van der Waals surface area (Å²) in [5.41, 5.74) is 2.72. The Morgan fingerprint density at radius 2 is 2.00 bits per heavy atom. The summed E-state index contributed by atoms with van der Waals surface area (Å²) in [4.78, 5) is 11.4. The van der Waals surface area contributed by atoms with Gasteiger partial charge in [0.2, 0.25) is 5.91 Å². The topological polar surface area (TPSA) is 29.1 Å². The maximum atomic E-state index is 14.3. The third kappa shape index (κ3) is 3.04. The average molecular weight is 454 g/mol. The molecular weight excluding hydrogens is 444 g/mol. The minimum Gasteiger partial charge on any atom is -0.326 e. The van der Waals surface area contributed by atoms with Crippen molar-refractivity contribution in [2.24, 2.45) is 0 Å². The first-order valence-electron chi connectivity index (χ1n) is 6.16. The molecule has 0 radical (unpaired) electrons. The van der Waals surface area contributed by atoms with Crippen molar-refractivity contribution in [1.29, 1.82) is 0 Å². The van der Waals surface area contributed by atoms with Crippen molar-refractivity contribution in [2.75, 3.05) is 5.32 Å². The van der Waals surface area contributed by atoms with Crippen molar-refractivity contribution >= 4 is 66.4 Å². The van der Waals surface area contributed by atoms with Gasteiger partial charge in [0.1, 0.15) is 5.82 Å². The monoisotopic (exact) mass is 451 g/mol. The van der Waals surface area contributed by atoms with Gasteiger partial charge in [0, 0.05) is 23.2 Å². The molecule has 2 aromatic rings. The van der Waals surface area contributed by atoms with Gasteiger partial charge in [0.25, 0.3) is 0 Å². The van der Waals surface area contributed by atoms with Crippen LogP contribution in [0, 0.1) is 5.82 Å². The fourth-order valence-electron chi connectivity index (χ4n) is 2.31. The van der Waals surface area contributed by atoms with Crippen LogP contribution in [0.3, 0.4) is 0 Å². The number of carbonyl (C=O) groups is 1. The molecule has 1 aliphatic rings. The molecule has 2 heterocycles. The highest BCUT2D eigenvalue weighted by molar-refractivity contribution is 9.12. The van der Waals surface area contributed by atoms with E-state index in [-0.39, 0.29) is 5.91 Å². The molecule has 1 atom stereocenters. The van der Waals surface area contributed by atoms with Crippen LogP contribution in [0.25, 0.3) is 0 Å². The van der Waals surface area contributed by atoms with Crippen molar-refractivity contribution in [2.45, 2.75) is 18.2 Å². The van der Waals surface area contributed by atoms with Crippen LogP contribution in [0.4, 0.5) is 10.1 Å². The Morgan fingerprint density at radius 3 is 2.67 bits per heavy atom. The zero-order valence-electron chi connectivity index (χ0n) is 10.6. The summed E-state index contributed by atoms with van der Waals surface area (Å²) in [6.07, 6.45) is 1.02. The largest absolute Gasteiger partial charge is 0.326 e. The molecule has 110 valence electrons. The Kier molecular flexibility index (Phi) is 4.41. The quantitative estimate of drug-likeness (QED) is 0.587. The molecule has 0 saturated carbocycles. The van der Waals surface area contributed by atoms with Crippen LogP contribution in [0.5, 0.6) is 0 Å². The molecule has 1 N–H and O–H groups in total. The first-order valence-corrected chi connectivity index (χ1v) is 9.00. The molecule has 0 aliphatic carbocycles. The minimum atomic E-state index is -0.579. The smallest absolute Gasteiger partial charge is 0.224 e. The lowest BCUT2D eigenvalue weighted by molar-refractivity contribution is -0.116. The van der Waals surface area contributed by atoms with E-state index in [2.05, 4.69) is 37.2 Å². The Balaban J connectivity index is 2.03. The number of nitrogens with one attached hydrogen (secondary N) is 1. The molecule has 1 aliphatic heterocycles. The highest BCUT2D eigenvalue weighted by Crippen LogP contribution is 2.42. The summed E-state index contributed by atoms with van der Waals surface area (Å²) in [7, 11) is 0. The van der Waals surface area contributed by atoms with Crippen LogP contribution in [0.15, 0.2) is 25.8 Å². The zero-order valence-corrected chi connectivity index (χ0v) is 15.3. The van der Waals surface area contributed by atoms with E-state index in [4.69, 9.17) is 11.6 Å². The van der Waals surface area contributed by atoms with Crippen LogP contribution in [0.2, 0.25) is 0 Å². The molecule has 0 bridgehead atoms. The maximum absolute atomic E-state index is 14.3. The van der Waals surface area contributed by atoms with E-state index in [1.54, 1.807) is 6.07 Å². The summed E-state index contributed by atoms with van der Waals surface area (Å²) in [6, 6.07) is 4.99. The molecule has 1 amide bonds. The van der Waals surface area contributed by atoms with Crippen molar-refractivity contribution in [3.63, 3.8) is 0 Å².